The summed E-state index contributed by atoms with van der Waals surface area (Å²) in [4.78, 5) is 26.8. The number of hydrogen-bond donors (Lipinski definition) is 2. The zero-order valence-corrected chi connectivity index (χ0v) is 12.6. The van der Waals surface area contributed by atoms with E-state index in [-0.39, 0.29) is 22.4 Å². The van der Waals surface area contributed by atoms with Crippen molar-refractivity contribution in [3.8, 4) is 5.75 Å². The maximum atomic E-state index is 12.6. The summed E-state index contributed by atoms with van der Waals surface area (Å²) >= 11 is 0. The fourth-order valence-corrected chi connectivity index (χ4v) is 2.89. The Hall–Kier alpha value is -2.56. The molecule has 0 radical (unpaired) electrons. The molecule has 0 spiro atoms. The largest absolute Gasteiger partial charge is 0.504 e. The Bertz CT molecular complexity index is 929. The Morgan fingerprint density at radius 3 is 2.86 bits per heavy atom. The first kappa shape index (κ1) is 14.4. The van der Waals surface area contributed by atoms with E-state index in [9.17, 15) is 14.7 Å². The summed E-state index contributed by atoms with van der Waals surface area (Å²) in [5.41, 5.74) is 2.16. The van der Waals surface area contributed by atoms with Crippen molar-refractivity contribution in [2.24, 2.45) is 0 Å². The summed E-state index contributed by atoms with van der Waals surface area (Å²) in [5, 5.41) is 11.0. The average Bonchev–Trinajstić information content (AvgIpc) is 2.51. The van der Waals surface area contributed by atoms with E-state index in [1.165, 1.54) is 12.1 Å². The van der Waals surface area contributed by atoms with Crippen LogP contribution < -0.4 is 11.1 Å². The van der Waals surface area contributed by atoms with E-state index in [4.69, 9.17) is 0 Å². The van der Waals surface area contributed by atoms with Gasteiger partial charge in [0.15, 0.2) is 5.75 Å². The van der Waals surface area contributed by atoms with Crippen LogP contribution in [-0.2, 0) is 6.54 Å². The molecule has 5 heteroatoms. The number of nitrogens with one attached hydrogen (secondary N) is 1. The molecule has 0 amide bonds. The number of nitrogens with zero attached hydrogens (tertiary/aromatic N) is 1. The molecule has 114 valence electrons. The van der Waals surface area contributed by atoms with Crippen LogP contribution in [0.5, 0.6) is 5.75 Å². The summed E-state index contributed by atoms with van der Waals surface area (Å²) in [6.45, 7) is 4.56. The predicted octanol–water partition coefficient (Wildman–Crippen LogP) is 2.54. The minimum absolute atomic E-state index is 0.0397. The lowest BCUT2D eigenvalue weighted by atomic mass is 9.96. The van der Waals surface area contributed by atoms with Crippen LogP contribution in [0.3, 0.4) is 0 Å². The van der Waals surface area contributed by atoms with E-state index < -0.39 is 0 Å². The van der Waals surface area contributed by atoms with Crippen molar-refractivity contribution < 1.29 is 5.11 Å². The molecule has 0 aliphatic carbocycles. The zero-order valence-electron chi connectivity index (χ0n) is 12.6. The highest BCUT2D eigenvalue weighted by molar-refractivity contribution is 5.91. The van der Waals surface area contributed by atoms with Crippen LogP contribution in [0, 0.1) is 0 Å². The predicted molar refractivity (Wildman–Crippen MR) is 87.1 cm³/mol. The van der Waals surface area contributed by atoms with Gasteiger partial charge in [0.05, 0.1) is 16.6 Å². The molecule has 1 aliphatic rings. The highest BCUT2D eigenvalue weighted by Crippen LogP contribution is 2.35. The molecule has 1 aliphatic heterocycles. The van der Waals surface area contributed by atoms with Gasteiger partial charge in [-0.05, 0) is 25.8 Å². The molecular formula is C17H18N2O3. The Labute approximate surface area is 127 Å². The number of fused-ring (bicyclic) bond motifs is 2. The van der Waals surface area contributed by atoms with Gasteiger partial charge in [0.2, 0.25) is 5.56 Å². The summed E-state index contributed by atoms with van der Waals surface area (Å²) in [6.07, 6.45) is 5.57. The van der Waals surface area contributed by atoms with Gasteiger partial charge < -0.3 is 14.7 Å². The molecular weight excluding hydrogens is 280 g/mol. The summed E-state index contributed by atoms with van der Waals surface area (Å²) in [5.74, 6) is -0.0397. The van der Waals surface area contributed by atoms with Crippen LogP contribution in [0.4, 0.5) is 0 Å². The summed E-state index contributed by atoms with van der Waals surface area (Å²) in [6, 6.07) is 2.77. The zero-order chi connectivity index (χ0) is 15.9. The van der Waals surface area contributed by atoms with Gasteiger partial charge in [-0.15, -0.1) is 0 Å². The minimum atomic E-state index is -0.339. The Kier molecular flexibility index (Phi) is 3.48. The smallest absolute Gasteiger partial charge is 0.260 e. The molecule has 0 saturated carbocycles. The minimum Gasteiger partial charge on any atom is -0.504 e. The third kappa shape index (κ3) is 2.09. The molecule has 0 bridgehead atoms. The van der Waals surface area contributed by atoms with E-state index in [1.54, 1.807) is 4.57 Å². The van der Waals surface area contributed by atoms with Gasteiger partial charge in [-0.2, -0.15) is 0 Å². The number of aromatic hydroxyl groups is 1. The molecule has 2 aromatic heterocycles. The second-order valence-corrected chi connectivity index (χ2v) is 5.52. The number of hydrogen-bond acceptors (Lipinski definition) is 3. The standard InChI is InChI=1S/C17H18N2O3/c1-3-4-5-11-10(2)8-9-19-15(11)16(21)14-12(17(19)22)6-7-13(20)18-14/h4-7,21H,3,8-9H2,1-2H3,(H,18,20)/b5-4-. The molecule has 0 fully saturated rings. The number of pyridine rings is 2. The maximum absolute atomic E-state index is 12.6. The fourth-order valence-electron chi connectivity index (χ4n) is 2.89. The van der Waals surface area contributed by atoms with E-state index >= 15 is 0 Å². The Balaban J connectivity index is 2.44. The lowest BCUT2D eigenvalue weighted by molar-refractivity contribution is 0.465. The monoisotopic (exact) mass is 298 g/mol. The van der Waals surface area contributed by atoms with Gasteiger partial charge in [-0.25, -0.2) is 0 Å². The van der Waals surface area contributed by atoms with E-state index in [0.29, 0.717) is 17.6 Å². The van der Waals surface area contributed by atoms with E-state index in [1.807, 2.05) is 26.0 Å². The van der Waals surface area contributed by atoms with Crippen molar-refractivity contribution >= 4 is 16.5 Å². The second kappa shape index (κ2) is 5.33. The molecule has 3 heterocycles. The number of rotatable bonds is 2. The van der Waals surface area contributed by atoms with Crippen molar-refractivity contribution in [1.29, 1.82) is 0 Å². The molecule has 2 aromatic rings. The molecule has 0 saturated heterocycles. The SMILES string of the molecule is CC/C=C\C1=C(C)CCn2c1c(O)c1[nH]c(=O)ccc1c2=O. The van der Waals surface area contributed by atoms with Gasteiger partial charge >= 0.3 is 0 Å². The van der Waals surface area contributed by atoms with Crippen LogP contribution >= 0.6 is 0 Å². The normalized spacial score (nSPS) is 14.8. The van der Waals surface area contributed by atoms with Crippen molar-refractivity contribution in [3.63, 3.8) is 0 Å². The van der Waals surface area contributed by atoms with Crippen molar-refractivity contribution in [2.75, 3.05) is 0 Å². The molecule has 0 atom stereocenters. The molecule has 5 nitrogen and oxygen atoms in total. The van der Waals surface area contributed by atoms with Gasteiger partial charge in [0, 0.05) is 18.2 Å². The van der Waals surface area contributed by atoms with E-state index in [2.05, 4.69) is 4.98 Å². The lowest BCUT2D eigenvalue weighted by Gasteiger charge is -2.23. The number of H-pyrrole nitrogens is 1. The molecule has 2 N–H and O–H groups in total. The topological polar surface area (TPSA) is 75.1 Å². The van der Waals surface area contributed by atoms with Gasteiger partial charge in [0.25, 0.3) is 5.56 Å². The highest BCUT2D eigenvalue weighted by atomic mass is 16.3. The van der Waals surface area contributed by atoms with Crippen LogP contribution in [0.2, 0.25) is 0 Å². The average molecular weight is 298 g/mol. The van der Waals surface area contributed by atoms with Crippen molar-refractivity contribution in [3.05, 3.63) is 56.3 Å². The number of aromatic amines is 1. The van der Waals surface area contributed by atoms with E-state index in [0.717, 1.165) is 24.0 Å². The number of aromatic nitrogens is 2. The molecule has 0 aromatic carbocycles. The third-order valence-corrected chi connectivity index (χ3v) is 4.07. The first-order chi connectivity index (χ1) is 10.5. The first-order valence-corrected chi connectivity index (χ1v) is 7.40. The van der Waals surface area contributed by atoms with Crippen LogP contribution in [0.25, 0.3) is 16.5 Å². The summed E-state index contributed by atoms with van der Waals surface area (Å²) in [7, 11) is 0. The van der Waals surface area contributed by atoms with Crippen LogP contribution in [-0.4, -0.2) is 14.7 Å². The van der Waals surface area contributed by atoms with Gasteiger partial charge in [-0.3, -0.25) is 9.59 Å². The number of allylic oxidation sites excluding steroid dienone is 4. The van der Waals surface area contributed by atoms with Crippen molar-refractivity contribution in [2.45, 2.75) is 33.2 Å². The first-order valence-electron chi connectivity index (χ1n) is 7.40. The van der Waals surface area contributed by atoms with Gasteiger partial charge in [0.1, 0.15) is 0 Å². The second-order valence-electron chi connectivity index (χ2n) is 5.52. The fraction of sp³-hybridized carbons (Fsp3) is 0.294. The van der Waals surface area contributed by atoms with Gasteiger partial charge in [-0.1, -0.05) is 24.6 Å². The maximum Gasteiger partial charge on any atom is 0.260 e. The van der Waals surface area contributed by atoms with Crippen molar-refractivity contribution in [1.82, 2.24) is 9.55 Å². The highest BCUT2D eigenvalue weighted by Gasteiger charge is 2.23. The lowest BCUT2D eigenvalue weighted by Crippen LogP contribution is -2.27. The Morgan fingerprint density at radius 1 is 1.36 bits per heavy atom. The van der Waals surface area contributed by atoms with Crippen LogP contribution in [0.15, 0.2) is 39.4 Å². The van der Waals surface area contributed by atoms with Crippen LogP contribution in [0.1, 0.15) is 32.4 Å². The Morgan fingerprint density at radius 2 is 2.14 bits per heavy atom. The summed E-state index contributed by atoms with van der Waals surface area (Å²) < 4.78 is 1.60. The molecule has 22 heavy (non-hydrogen) atoms. The third-order valence-electron chi connectivity index (χ3n) is 4.07. The quantitative estimate of drug-likeness (QED) is 0.894. The molecule has 3 rings (SSSR count). The molecule has 0 unspecified atom stereocenters.